The van der Waals surface area contributed by atoms with Crippen LogP contribution in [0.3, 0.4) is 0 Å². The van der Waals surface area contributed by atoms with Crippen molar-refractivity contribution in [1.29, 1.82) is 0 Å². The molecule has 1 aromatic carbocycles. The summed E-state index contributed by atoms with van der Waals surface area (Å²) in [6.45, 7) is 8.32. The van der Waals surface area contributed by atoms with Crippen LogP contribution in [0.2, 0.25) is 0 Å². The summed E-state index contributed by atoms with van der Waals surface area (Å²) in [5.41, 5.74) is 1.50. The van der Waals surface area contributed by atoms with Gasteiger partial charge in [-0.2, -0.15) is 4.31 Å². The van der Waals surface area contributed by atoms with Gasteiger partial charge in [-0.05, 0) is 56.0 Å². The van der Waals surface area contributed by atoms with Crippen LogP contribution in [0.5, 0.6) is 0 Å². The van der Waals surface area contributed by atoms with Crippen LogP contribution in [-0.4, -0.2) is 54.7 Å². The largest absolute Gasteiger partial charge is 0.298 e. The van der Waals surface area contributed by atoms with Crippen LogP contribution < -0.4 is 5.32 Å². The van der Waals surface area contributed by atoms with E-state index in [1.807, 2.05) is 0 Å². The fourth-order valence-electron chi connectivity index (χ4n) is 4.27. The minimum Gasteiger partial charge on any atom is -0.298 e. The van der Waals surface area contributed by atoms with Gasteiger partial charge in [0.05, 0.1) is 10.6 Å². The predicted molar refractivity (Wildman–Crippen MR) is 123 cm³/mol. The van der Waals surface area contributed by atoms with E-state index in [1.54, 1.807) is 16.4 Å². The molecule has 0 unspecified atom stereocenters. The van der Waals surface area contributed by atoms with Crippen molar-refractivity contribution in [3.05, 3.63) is 40.4 Å². The van der Waals surface area contributed by atoms with Crippen LogP contribution in [0.25, 0.3) is 0 Å². The molecule has 0 saturated carbocycles. The molecular weight excluding hydrogens is 432 g/mol. The lowest BCUT2D eigenvalue weighted by molar-refractivity contribution is 0.102. The van der Waals surface area contributed by atoms with E-state index in [2.05, 4.69) is 29.0 Å². The summed E-state index contributed by atoms with van der Waals surface area (Å²) < 4.78 is 27.4. The summed E-state index contributed by atoms with van der Waals surface area (Å²) >= 11 is 1.53. The van der Waals surface area contributed by atoms with Crippen molar-refractivity contribution < 1.29 is 13.2 Å². The van der Waals surface area contributed by atoms with Crippen molar-refractivity contribution >= 4 is 32.4 Å². The van der Waals surface area contributed by atoms with Crippen molar-refractivity contribution in [3.63, 3.8) is 0 Å². The van der Waals surface area contributed by atoms with Crippen LogP contribution in [0.15, 0.2) is 29.2 Å². The Hall–Kier alpha value is -1.81. The first-order chi connectivity index (χ1) is 14.9. The van der Waals surface area contributed by atoms with E-state index in [9.17, 15) is 13.2 Å². The van der Waals surface area contributed by atoms with Crippen LogP contribution in [-0.2, 0) is 23.0 Å². The molecular formula is C22H30N4O3S2. The first kappa shape index (κ1) is 22.4. The molecule has 1 aromatic heterocycles. The van der Waals surface area contributed by atoms with Crippen LogP contribution >= 0.6 is 11.3 Å². The number of aromatic nitrogens is 1. The highest BCUT2D eigenvalue weighted by atomic mass is 32.2. The van der Waals surface area contributed by atoms with Crippen LogP contribution in [0.4, 0.5) is 5.13 Å². The van der Waals surface area contributed by atoms with Gasteiger partial charge in [-0.25, -0.2) is 13.4 Å². The van der Waals surface area contributed by atoms with Crippen molar-refractivity contribution in [3.8, 4) is 0 Å². The van der Waals surface area contributed by atoms with E-state index in [1.165, 1.54) is 28.3 Å². The number of carbonyl (C=O) groups is 1. The second kappa shape index (κ2) is 9.36. The number of amides is 1. The number of hydrogen-bond acceptors (Lipinski definition) is 6. The quantitative estimate of drug-likeness (QED) is 0.709. The van der Waals surface area contributed by atoms with Crippen molar-refractivity contribution in [2.75, 3.05) is 31.5 Å². The van der Waals surface area contributed by atoms with Crippen molar-refractivity contribution in [2.45, 2.75) is 51.0 Å². The Kier molecular flexibility index (Phi) is 6.76. The van der Waals surface area contributed by atoms with Gasteiger partial charge < -0.3 is 0 Å². The summed E-state index contributed by atoms with van der Waals surface area (Å²) in [7, 11) is -3.52. The van der Waals surface area contributed by atoms with Crippen molar-refractivity contribution in [2.24, 2.45) is 5.92 Å². The average molecular weight is 463 g/mol. The molecule has 1 N–H and O–H groups in total. The van der Waals surface area contributed by atoms with Crippen molar-refractivity contribution in [1.82, 2.24) is 14.2 Å². The fraction of sp³-hybridized carbons (Fsp3) is 0.545. The number of nitrogens with one attached hydrogen (secondary N) is 1. The number of benzene rings is 1. The predicted octanol–water partition coefficient (Wildman–Crippen LogP) is 3.58. The number of nitrogens with zero attached hydrogens (tertiary/aromatic N) is 3. The molecule has 9 heteroatoms. The fourth-order valence-corrected chi connectivity index (χ4v) is 6.91. The van der Waals surface area contributed by atoms with Gasteiger partial charge in [-0.3, -0.25) is 15.0 Å². The number of hydrogen-bond donors (Lipinski definition) is 1. The van der Waals surface area contributed by atoms with Gasteiger partial charge in [0.1, 0.15) is 0 Å². The topological polar surface area (TPSA) is 82.6 Å². The SMILES string of the molecule is CCCN1CCc2nc(NC(=O)c3ccc(S(=O)(=O)N4CCC[C@H](C)C4)cc3)sc2C1. The molecule has 3 heterocycles. The normalized spacial score (nSPS) is 20.4. The Morgan fingerprint density at radius 2 is 2.03 bits per heavy atom. The first-order valence-corrected chi connectivity index (χ1v) is 13.2. The molecule has 1 fully saturated rings. The molecule has 4 rings (SSSR count). The molecule has 1 amide bonds. The Morgan fingerprint density at radius 1 is 1.26 bits per heavy atom. The molecule has 1 saturated heterocycles. The summed E-state index contributed by atoms with van der Waals surface area (Å²) in [5.74, 6) is 0.0961. The zero-order valence-electron chi connectivity index (χ0n) is 18.1. The molecule has 0 radical (unpaired) electrons. The zero-order valence-corrected chi connectivity index (χ0v) is 19.8. The number of anilines is 1. The van der Waals surface area contributed by atoms with E-state index in [0.29, 0.717) is 29.7 Å². The smallest absolute Gasteiger partial charge is 0.257 e. The third-order valence-electron chi connectivity index (χ3n) is 5.94. The van der Waals surface area contributed by atoms with Gasteiger partial charge >= 0.3 is 0 Å². The summed E-state index contributed by atoms with van der Waals surface area (Å²) in [5, 5.41) is 3.48. The lowest BCUT2D eigenvalue weighted by Crippen LogP contribution is -2.39. The Morgan fingerprint density at radius 3 is 2.74 bits per heavy atom. The van der Waals surface area contributed by atoms with Gasteiger partial charge in [0.25, 0.3) is 5.91 Å². The maximum atomic E-state index is 12.9. The third kappa shape index (κ3) is 5.00. The number of sulfonamides is 1. The Labute approximate surface area is 188 Å². The molecule has 31 heavy (non-hydrogen) atoms. The molecule has 1 atom stereocenters. The highest BCUT2D eigenvalue weighted by molar-refractivity contribution is 7.89. The maximum Gasteiger partial charge on any atom is 0.257 e. The zero-order chi connectivity index (χ0) is 22.0. The molecule has 2 aromatic rings. The monoisotopic (exact) mass is 462 g/mol. The number of rotatable bonds is 6. The second-order valence-corrected chi connectivity index (χ2v) is 11.5. The van der Waals surface area contributed by atoms with E-state index < -0.39 is 10.0 Å². The molecule has 2 aliphatic heterocycles. The van der Waals surface area contributed by atoms with E-state index in [0.717, 1.165) is 51.0 Å². The lowest BCUT2D eigenvalue weighted by atomic mass is 10.0. The molecule has 0 bridgehead atoms. The molecule has 0 spiro atoms. The van der Waals surface area contributed by atoms with Gasteiger partial charge in [0, 0.05) is 43.0 Å². The summed E-state index contributed by atoms with van der Waals surface area (Å²) in [6, 6.07) is 6.20. The second-order valence-electron chi connectivity index (χ2n) is 8.50. The van der Waals surface area contributed by atoms with Gasteiger partial charge in [0.2, 0.25) is 10.0 Å². The summed E-state index contributed by atoms with van der Waals surface area (Å²) in [6.07, 6.45) is 3.97. The van der Waals surface area contributed by atoms with Gasteiger partial charge in [-0.15, -0.1) is 11.3 Å². The van der Waals surface area contributed by atoms with E-state index in [4.69, 9.17) is 0 Å². The Balaban J connectivity index is 1.42. The standard InChI is InChI=1S/C22H30N4O3S2/c1-3-11-25-13-10-19-20(15-25)30-22(23-19)24-21(27)17-6-8-18(9-7-17)31(28,29)26-12-4-5-16(2)14-26/h6-9,16H,3-5,10-15H2,1-2H3,(H,23,24,27)/t16-/m0/s1. The lowest BCUT2D eigenvalue weighted by Gasteiger charge is -2.30. The molecule has 0 aliphatic carbocycles. The van der Waals surface area contributed by atoms with E-state index >= 15 is 0 Å². The minimum absolute atomic E-state index is 0.235. The minimum atomic E-state index is -3.52. The third-order valence-corrected chi connectivity index (χ3v) is 8.82. The van der Waals surface area contributed by atoms with Gasteiger partial charge in [-0.1, -0.05) is 13.8 Å². The highest BCUT2D eigenvalue weighted by Gasteiger charge is 2.28. The summed E-state index contributed by atoms with van der Waals surface area (Å²) in [4.78, 5) is 21.1. The van der Waals surface area contributed by atoms with Crippen LogP contribution in [0, 0.1) is 5.92 Å². The maximum absolute atomic E-state index is 12.9. The molecule has 168 valence electrons. The molecule has 2 aliphatic rings. The van der Waals surface area contributed by atoms with E-state index in [-0.39, 0.29) is 10.8 Å². The molecule has 7 nitrogen and oxygen atoms in total. The van der Waals surface area contributed by atoms with Crippen LogP contribution in [0.1, 0.15) is 54.0 Å². The number of piperidine rings is 1. The highest BCUT2D eigenvalue weighted by Crippen LogP contribution is 2.29. The number of fused-ring (bicyclic) bond motifs is 1. The number of carbonyl (C=O) groups excluding carboxylic acids is 1. The first-order valence-electron chi connectivity index (χ1n) is 11.0. The number of thiazole rings is 1. The Bertz CT molecular complexity index is 1030. The average Bonchev–Trinajstić information content (AvgIpc) is 3.15. The van der Waals surface area contributed by atoms with Gasteiger partial charge in [0.15, 0.2) is 5.13 Å².